The summed E-state index contributed by atoms with van der Waals surface area (Å²) in [7, 11) is 0. The molecule has 0 aliphatic carbocycles. The summed E-state index contributed by atoms with van der Waals surface area (Å²) in [6.45, 7) is 4.54. The van der Waals surface area contributed by atoms with Gasteiger partial charge in [-0.1, -0.05) is 115 Å². The summed E-state index contributed by atoms with van der Waals surface area (Å²) >= 11 is 0. The summed E-state index contributed by atoms with van der Waals surface area (Å²) in [6, 6.07) is 49.3. The van der Waals surface area contributed by atoms with E-state index in [1.54, 1.807) is 0 Å². The number of aryl methyl sites for hydroxylation is 2. The summed E-state index contributed by atoms with van der Waals surface area (Å²) in [4.78, 5) is 14.9. The number of aromatic nitrogens is 3. The van der Waals surface area contributed by atoms with E-state index in [1.165, 1.54) is 43.6 Å². The maximum absolute atomic E-state index is 5.47. The summed E-state index contributed by atoms with van der Waals surface area (Å²) in [6.07, 6.45) is 3.67. The molecule has 3 aromatic heterocycles. The van der Waals surface area contributed by atoms with Crippen LogP contribution < -0.4 is 0 Å². The van der Waals surface area contributed by atoms with Crippen LogP contribution >= 0.6 is 0 Å². The lowest BCUT2D eigenvalue weighted by atomic mass is 9.85. The van der Waals surface area contributed by atoms with Gasteiger partial charge in [0.2, 0.25) is 0 Å². The highest BCUT2D eigenvalue weighted by Gasteiger charge is 2.22. The third-order valence-corrected chi connectivity index (χ3v) is 9.70. The standard InChI is InChI=1S/C45H31N3/c1-28-40-36-15-9-10-16-38(36)47-44(33-11-5-3-6-12-33)42(40)29(2)41-37-22-21-35(31-19-17-30(18-20-31)32-23-25-46-26-24-32)27-39(37)48-45(43(28)41)34-13-7-4-8-14-34/h3-27H,1-2H3. The Morgan fingerprint density at radius 2 is 0.812 bits per heavy atom. The number of pyridine rings is 3. The van der Waals surface area contributed by atoms with Gasteiger partial charge in [0.15, 0.2) is 0 Å². The van der Waals surface area contributed by atoms with E-state index in [2.05, 4.69) is 146 Å². The van der Waals surface area contributed by atoms with Gasteiger partial charge in [-0.25, -0.2) is 9.97 Å². The van der Waals surface area contributed by atoms with Crippen LogP contribution in [0.5, 0.6) is 0 Å². The first-order chi connectivity index (χ1) is 23.7. The summed E-state index contributed by atoms with van der Waals surface area (Å²) in [5.74, 6) is 0. The van der Waals surface area contributed by atoms with E-state index < -0.39 is 0 Å². The van der Waals surface area contributed by atoms with Gasteiger partial charge in [-0.05, 0) is 82.3 Å². The Morgan fingerprint density at radius 1 is 0.354 bits per heavy atom. The van der Waals surface area contributed by atoms with Gasteiger partial charge in [0, 0.05) is 45.1 Å². The minimum atomic E-state index is 0.980. The number of hydrogen-bond donors (Lipinski definition) is 0. The monoisotopic (exact) mass is 613 g/mol. The molecule has 0 radical (unpaired) electrons. The molecule has 0 N–H and O–H groups in total. The molecule has 3 heterocycles. The van der Waals surface area contributed by atoms with Crippen molar-refractivity contribution in [3.8, 4) is 44.8 Å². The summed E-state index contributed by atoms with van der Waals surface area (Å²) in [5, 5.41) is 7.19. The molecule has 0 aliphatic rings. The van der Waals surface area contributed by atoms with Crippen molar-refractivity contribution < 1.29 is 0 Å². The summed E-state index contributed by atoms with van der Waals surface area (Å²) in [5.41, 5.74) is 13.3. The van der Waals surface area contributed by atoms with E-state index in [0.29, 0.717) is 0 Å². The first-order valence-corrected chi connectivity index (χ1v) is 16.4. The van der Waals surface area contributed by atoms with Crippen LogP contribution in [0.3, 0.4) is 0 Å². The summed E-state index contributed by atoms with van der Waals surface area (Å²) < 4.78 is 0. The molecule has 9 aromatic rings. The van der Waals surface area contributed by atoms with E-state index >= 15 is 0 Å². The Bertz CT molecular complexity index is 2650. The Kier molecular flexibility index (Phi) is 6.58. The van der Waals surface area contributed by atoms with Gasteiger partial charge in [-0.2, -0.15) is 0 Å². The molecule has 0 fully saturated rings. The molecule has 0 saturated heterocycles. The zero-order valence-electron chi connectivity index (χ0n) is 26.8. The molecule has 6 aromatic carbocycles. The Labute approximate surface area is 279 Å². The van der Waals surface area contributed by atoms with Gasteiger partial charge in [-0.15, -0.1) is 0 Å². The predicted octanol–water partition coefficient (Wildman–Crippen LogP) is 11.8. The molecule has 0 amide bonds. The minimum absolute atomic E-state index is 0.980. The molecule has 3 heteroatoms. The van der Waals surface area contributed by atoms with Gasteiger partial charge in [-0.3, -0.25) is 4.98 Å². The number of fused-ring (bicyclic) bond motifs is 6. The lowest BCUT2D eigenvalue weighted by Crippen LogP contribution is -1.99. The molecular weight excluding hydrogens is 583 g/mol. The fourth-order valence-corrected chi connectivity index (χ4v) is 7.43. The topological polar surface area (TPSA) is 38.7 Å². The smallest absolute Gasteiger partial charge is 0.0791 e. The van der Waals surface area contributed by atoms with Crippen molar-refractivity contribution in [1.82, 2.24) is 15.0 Å². The number of nitrogens with zero attached hydrogens (tertiary/aromatic N) is 3. The van der Waals surface area contributed by atoms with Crippen LogP contribution in [-0.2, 0) is 0 Å². The van der Waals surface area contributed by atoms with Crippen LogP contribution in [0.1, 0.15) is 11.1 Å². The number of para-hydroxylation sites is 1. The molecule has 0 saturated carbocycles. The third kappa shape index (κ3) is 4.47. The Hall–Kier alpha value is -6.19. The SMILES string of the molecule is Cc1c2c(-c3ccccc3)nc3cc(-c4ccc(-c5ccncc5)cc4)ccc3c2c(C)c2c(-c3ccccc3)nc3ccccc3c12. The average Bonchev–Trinajstić information content (AvgIpc) is 3.16. The third-order valence-electron chi connectivity index (χ3n) is 9.70. The molecule has 0 spiro atoms. The molecule has 9 rings (SSSR count). The predicted molar refractivity (Wildman–Crippen MR) is 201 cm³/mol. The second-order valence-corrected chi connectivity index (χ2v) is 12.5. The van der Waals surface area contributed by atoms with Crippen molar-refractivity contribution in [2.75, 3.05) is 0 Å². The van der Waals surface area contributed by atoms with E-state index in [1.807, 2.05) is 24.5 Å². The Balaban J connectivity index is 1.37. The molecule has 0 unspecified atom stereocenters. The van der Waals surface area contributed by atoms with E-state index in [0.717, 1.165) is 55.6 Å². The van der Waals surface area contributed by atoms with Crippen molar-refractivity contribution in [1.29, 1.82) is 0 Å². The van der Waals surface area contributed by atoms with Gasteiger partial charge in [0.1, 0.15) is 0 Å². The number of benzene rings is 6. The highest BCUT2D eigenvalue weighted by Crippen LogP contribution is 2.45. The van der Waals surface area contributed by atoms with Crippen LogP contribution in [0.4, 0.5) is 0 Å². The number of rotatable bonds is 4. The highest BCUT2D eigenvalue weighted by atomic mass is 14.7. The molecular formula is C45H31N3. The molecule has 3 nitrogen and oxygen atoms in total. The largest absolute Gasteiger partial charge is 0.265 e. The fourth-order valence-electron chi connectivity index (χ4n) is 7.43. The van der Waals surface area contributed by atoms with E-state index in [9.17, 15) is 0 Å². The number of hydrogen-bond acceptors (Lipinski definition) is 3. The van der Waals surface area contributed by atoms with Crippen LogP contribution in [0, 0.1) is 13.8 Å². The molecule has 0 aliphatic heterocycles. The molecule has 0 atom stereocenters. The Morgan fingerprint density at radius 3 is 1.42 bits per heavy atom. The molecule has 226 valence electrons. The normalized spacial score (nSPS) is 11.5. The second-order valence-electron chi connectivity index (χ2n) is 12.5. The fraction of sp³-hybridized carbons (Fsp3) is 0.0444. The lowest BCUT2D eigenvalue weighted by Gasteiger charge is -2.21. The van der Waals surface area contributed by atoms with Crippen molar-refractivity contribution in [3.05, 3.63) is 163 Å². The zero-order valence-corrected chi connectivity index (χ0v) is 26.8. The molecule has 0 bridgehead atoms. The van der Waals surface area contributed by atoms with Crippen molar-refractivity contribution in [2.45, 2.75) is 13.8 Å². The van der Waals surface area contributed by atoms with Gasteiger partial charge in [0.25, 0.3) is 0 Å². The van der Waals surface area contributed by atoms with E-state index in [-0.39, 0.29) is 0 Å². The van der Waals surface area contributed by atoms with Crippen LogP contribution in [0.25, 0.3) is 88.1 Å². The molecule has 48 heavy (non-hydrogen) atoms. The van der Waals surface area contributed by atoms with Gasteiger partial charge in [0.05, 0.1) is 22.4 Å². The zero-order chi connectivity index (χ0) is 32.2. The van der Waals surface area contributed by atoms with Crippen molar-refractivity contribution in [2.24, 2.45) is 0 Å². The van der Waals surface area contributed by atoms with Gasteiger partial charge >= 0.3 is 0 Å². The maximum Gasteiger partial charge on any atom is 0.0791 e. The first kappa shape index (κ1) is 28.1. The van der Waals surface area contributed by atoms with Crippen LogP contribution in [-0.4, -0.2) is 15.0 Å². The minimum Gasteiger partial charge on any atom is -0.265 e. The quantitative estimate of drug-likeness (QED) is 0.146. The van der Waals surface area contributed by atoms with Crippen LogP contribution in [0.2, 0.25) is 0 Å². The highest BCUT2D eigenvalue weighted by molar-refractivity contribution is 6.25. The van der Waals surface area contributed by atoms with Crippen LogP contribution in [0.15, 0.2) is 152 Å². The lowest BCUT2D eigenvalue weighted by molar-refractivity contribution is 1.33. The van der Waals surface area contributed by atoms with E-state index in [4.69, 9.17) is 9.97 Å². The average molecular weight is 614 g/mol. The second kappa shape index (κ2) is 11.3. The van der Waals surface area contributed by atoms with Gasteiger partial charge < -0.3 is 0 Å². The maximum atomic E-state index is 5.47. The first-order valence-electron chi connectivity index (χ1n) is 16.4. The van der Waals surface area contributed by atoms with Crippen molar-refractivity contribution >= 4 is 43.4 Å². The van der Waals surface area contributed by atoms with Crippen molar-refractivity contribution in [3.63, 3.8) is 0 Å².